The van der Waals surface area contributed by atoms with Crippen LogP contribution >= 0.6 is 11.3 Å². The highest BCUT2D eigenvalue weighted by atomic mass is 32.1. The maximum absolute atomic E-state index is 10.4. The summed E-state index contributed by atoms with van der Waals surface area (Å²) >= 11 is 1.58. The molecule has 0 saturated carbocycles. The normalized spacial score (nSPS) is 12.7. The van der Waals surface area contributed by atoms with Gasteiger partial charge < -0.3 is 10.2 Å². The van der Waals surface area contributed by atoms with Gasteiger partial charge in [-0.05, 0) is 18.6 Å². The van der Waals surface area contributed by atoms with Crippen molar-refractivity contribution in [3.8, 4) is 0 Å². The SMILES string of the molecule is CCCc1ccc(CC(O)C(=O)O)s1. The zero-order valence-corrected chi connectivity index (χ0v) is 8.88. The van der Waals surface area contributed by atoms with Crippen LogP contribution in [0.5, 0.6) is 0 Å². The molecule has 0 aliphatic heterocycles. The van der Waals surface area contributed by atoms with E-state index in [0.29, 0.717) is 0 Å². The Hall–Kier alpha value is -0.870. The number of carboxylic acids is 1. The van der Waals surface area contributed by atoms with E-state index in [1.165, 1.54) is 4.88 Å². The molecule has 0 fully saturated rings. The third-order valence-corrected chi connectivity index (χ3v) is 3.06. The molecule has 78 valence electrons. The van der Waals surface area contributed by atoms with Crippen LogP contribution in [0, 0.1) is 0 Å². The number of hydrogen-bond acceptors (Lipinski definition) is 3. The van der Waals surface area contributed by atoms with Crippen molar-refractivity contribution < 1.29 is 15.0 Å². The molecule has 1 rings (SSSR count). The molecule has 1 unspecified atom stereocenters. The van der Waals surface area contributed by atoms with Crippen LogP contribution in [0.15, 0.2) is 12.1 Å². The van der Waals surface area contributed by atoms with Gasteiger partial charge >= 0.3 is 5.97 Å². The van der Waals surface area contributed by atoms with Crippen molar-refractivity contribution in [3.63, 3.8) is 0 Å². The fourth-order valence-corrected chi connectivity index (χ4v) is 2.35. The van der Waals surface area contributed by atoms with Gasteiger partial charge in [0.15, 0.2) is 6.10 Å². The van der Waals surface area contributed by atoms with Crippen LogP contribution in [0.3, 0.4) is 0 Å². The Morgan fingerprint density at radius 2 is 2.14 bits per heavy atom. The van der Waals surface area contributed by atoms with Crippen LogP contribution in [-0.2, 0) is 17.6 Å². The fraction of sp³-hybridized carbons (Fsp3) is 0.500. The molecule has 0 radical (unpaired) electrons. The van der Waals surface area contributed by atoms with Gasteiger partial charge in [0.05, 0.1) is 0 Å². The van der Waals surface area contributed by atoms with E-state index in [2.05, 4.69) is 6.92 Å². The first-order chi connectivity index (χ1) is 6.63. The van der Waals surface area contributed by atoms with E-state index in [1.54, 1.807) is 11.3 Å². The number of aryl methyl sites for hydroxylation is 1. The zero-order chi connectivity index (χ0) is 10.6. The predicted octanol–water partition coefficient (Wildman–Crippen LogP) is 1.69. The summed E-state index contributed by atoms with van der Waals surface area (Å²) in [6.45, 7) is 2.10. The fourth-order valence-electron chi connectivity index (χ4n) is 1.19. The molecule has 1 aromatic heterocycles. The van der Waals surface area contributed by atoms with Crippen LogP contribution in [0.25, 0.3) is 0 Å². The van der Waals surface area contributed by atoms with Gasteiger partial charge in [-0.3, -0.25) is 0 Å². The Morgan fingerprint density at radius 3 is 2.71 bits per heavy atom. The summed E-state index contributed by atoms with van der Waals surface area (Å²) in [5.74, 6) is -1.16. The number of thiophene rings is 1. The summed E-state index contributed by atoms with van der Waals surface area (Å²) in [7, 11) is 0. The Balaban J connectivity index is 2.55. The van der Waals surface area contributed by atoms with Crippen molar-refractivity contribution in [2.45, 2.75) is 32.3 Å². The second-order valence-electron chi connectivity index (χ2n) is 3.18. The van der Waals surface area contributed by atoms with Crippen molar-refractivity contribution in [1.82, 2.24) is 0 Å². The Morgan fingerprint density at radius 1 is 1.50 bits per heavy atom. The lowest BCUT2D eigenvalue weighted by Crippen LogP contribution is -2.21. The van der Waals surface area contributed by atoms with E-state index in [0.717, 1.165) is 17.7 Å². The maximum atomic E-state index is 10.4. The van der Waals surface area contributed by atoms with Gasteiger partial charge in [-0.15, -0.1) is 11.3 Å². The molecule has 1 heterocycles. The lowest BCUT2D eigenvalue weighted by atomic mass is 10.2. The van der Waals surface area contributed by atoms with E-state index in [-0.39, 0.29) is 6.42 Å². The zero-order valence-electron chi connectivity index (χ0n) is 8.06. The minimum absolute atomic E-state index is 0.212. The smallest absolute Gasteiger partial charge is 0.332 e. The molecule has 0 aliphatic rings. The van der Waals surface area contributed by atoms with Crippen molar-refractivity contribution in [2.75, 3.05) is 0 Å². The average molecular weight is 214 g/mol. The van der Waals surface area contributed by atoms with Gasteiger partial charge in [-0.2, -0.15) is 0 Å². The molecule has 1 atom stereocenters. The third-order valence-electron chi connectivity index (χ3n) is 1.89. The van der Waals surface area contributed by atoms with Crippen molar-refractivity contribution in [1.29, 1.82) is 0 Å². The predicted molar refractivity (Wildman–Crippen MR) is 55.7 cm³/mol. The second-order valence-corrected chi connectivity index (χ2v) is 4.43. The number of rotatable bonds is 5. The van der Waals surface area contributed by atoms with Gasteiger partial charge in [-0.1, -0.05) is 13.3 Å². The van der Waals surface area contributed by atoms with E-state index in [9.17, 15) is 4.79 Å². The van der Waals surface area contributed by atoms with E-state index in [1.807, 2.05) is 12.1 Å². The summed E-state index contributed by atoms with van der Waals surface area (Å²) in [4.78, 5) is 12.6. The highest BCUT2D eigenvalue weighted by Gasteiger charge is 2.14. The van der Waals surface area contributed by atoms with E-state index >= 15 is 0 Å². The molecule has 0 aliphatic carbocycles. The van der Waals surface area contributed by atoms with Crippen molar-refractivity contribution in [3.05, 3.63) is 21.9 Å². The first kappa shape index (κ1) is 11.2. The standard InChI is InChI=1S/C10H14O3S/c1-2-3-7-4-5-8(14-7)6-9(11)10(12)13/h4-5,9,11H,2-3,6H2,1H3,(H,12,13). The molecule has 0 spiro atoms. The molecule has 0 bridgehead atoms. The van der Waals surface area contributed by atoms with Crippen molar-refractivity contribution >= 4 is 17.3 Å². The number of aliphatic hydroxyl groups is 1. The van der Waals surface area contributed by atoms with Gasteiger partial charge in [0.2, 0.25) is 0 Å². The average Bonchev–Trinajstić information content (AvgIpc) is 2.53. The highest BCUT2D eigenvalue weighted by Crippen LogP contribution is 2.19. The van der Waals surface area contributed by atoms with Crippen LogP contribution in [0.4, 0.5) is 0 Å². The largest absolute Gasteiger partial charge is 0.479 e. The molecule has 14 heavy (non-hydrogen) atoms. The minimum atomic E-state index is -1.27. The van der Waals surface area contributed by atoms with E-state index in [4.69, 9.17) is 10.2 Å². The van der Waals surface area contributed by atoms with Crippen molar-refractivity contribution in [2.24, 2.45) is 0 Å². The van der Waals surface area contributed by atoms with Gasteiger partial charge in [0.1, 0.15) is 0 Å². The number of hydrogen-bond donors (Lipinski definition) is 2. The van der Waals surface area contributed by atoms with E-state index < -0.39 is 12.1 Å². The molecule has 1 aromatic rings. The Kier molecular flexibility index (Phi) is 4.10. The number of carbonyl (C=O) groups is 1. The summed E-state index contributed by atoms with van der Waals surface area (Å²) in [6, 6.07) is 3.89. The molecular weight excluding hydrogens is 200 g/mol. The quantitative estimate of drug-likeness (QED) is 0.784. The molecule has 4 heteroatoms. The Labute approximate surface area is 87.0 Å². The molecule has 0 saturated heterocycles. The van der Waals surface area contributed by atoms with Gasteiger partial charge in [0.25, 0.3) is 0 Å². The van der Waals surface area contributed by atoms with Crippen LogP contribution in [-0.4, -0.2) is 22.3 Å². The third kappa shape index (κ3) is 3.12. The molecule has 3 nitrogen and oxygen atoms in total. The topological polar surface area (TPSA) is 57.5 Å². The molecular formula is C10H14O3S. The second kappa shape index (κ2) is 5.12. The highest BCUT2D eigenvalue weighted by molar-refractivity contribution is 7.12. The molecule has 0 amide bonds. The first-order valence-corrected chi connectivity index (χ1v) is 5.43. The maximum Gasteiger partial charge on any atom is 0.332 e. The first-order valence-electron chi connectivity index (χ1n) is 4.62. The summed E-state index contributed by atoms with van der Waals surface area (Å²) in [5, 5.41) is 17.6. The summed E-state index contributed by atoms with van der Waals surface area (Å²) < 4.78 is 0. The molecule has 0 aromatic carbocycles. The number of aliphatic hydroxyl groups excluding tert-OH is 1. The monoisotopic (exact) mass is 214 g/mol. The minimum Gasteiger partial charge on any atom is -0.479 e. The van der Waals surface area contributed by atoms with Crippen LogP contribution in [0.1, 0.15) is 23.1 Å². The lowest BCUT2D eigenvalue weighted by molar-refractivity contribution is -0.146. The van der Waals surface area contributed by atoms with Gasteiger partial charge in [0, 0.05) is 16.2 Å². The number of carboxylic acid groups (broad SMARTS) is 1. The van der Waals surface area contributed by atoms with Crippen LogP contribution < -0.4 is 0 Å². The number of aliphatic carboxylic acids is 1. The van der Waals surface area contributed by atoms with Gasteiger partial charge in [-0.25, -0.2) is 4.79 Å². The Bertz CT molecular complexity index is 306. The lowest BCUT2D eigenvalue weighted by Gasteiger charge is -2.01. The summed E-state index contributed by atoms with van der Waals surface area (Å²) in [5.41, 5.74) is 0. The molecule has 2 N–H and O–H groups in total. The summed E-state index contributed by atoms with van der Waals surface area (Å²) in [6.07, 6.45) is 1.04. The van der Waals surface area contributed by atoms with Crippen LogP contribution in [0.2, 0.25) is 0 Å².